The predicted molar refractivity (Wildman–Crippen MR) is 84.0 cm³/mol. The fourth-order valence-electron chi connectivity index (χ4n) is 2.70. The number of aryl methyl sites for hydroxylation is 1. The number of benzene rings is 1. The summed E-state index contributed by atoms with van der Waals surface area (Å²) in [4.78, 5) is 25.8. The Morgan fingerprint density at radius 3 is 2.82 bits per heavy atom. The maximum absolute atomic E-state index is 12.0. The fourth-order valence-corrected chi connectivity index (χ4v) is 2.70. The molecule has 1 saturated heterocycles. The first kappa shape index (κ1) is 14.4. The molecule has 0 atom stereocenters. The minimum absolute atomic E-state index is 0.168. The number of rotatable bonds is 3. The number of carbonyl (C=O) groups excluding carboxylic acids is 2. The lowest BCUT2D eigenvalue weighted by Gasteiger charge is -2.28. The Morgan fingerprint density at radius 1 is 1.27 bits per heavy atom. The van der Waals surface area contributed by atoms with Crippen LogP contribution in [0, 0.1) is 6.92 Å². The van der Waals surface area contributed by atoms with E-state index >= 15 is 0 Å². The lowest BCUT2D eigenvalue weighted by atomic mass is 10.1. The first-order chi connectivity index (χ1) is 10.6. The van der Waals surface area contributed by atoms with Crippen molar-refractivity contribution < 1.29 is 14.0 Å². The molecule has 3 rings (SSSR count). The van der Waals surface area contributed by atoms with E-state index in [1.54, 1.807) is 12.1 Å². The normalized spacial score (nSPS) is 15.0. The first-order valence-electron chi connectivity index (χ1n) is 7.41. The number of hydrogen-bond acceptors (Lipinski definition) is 3. The molecule has 2 amide bonds. The lowest BCUT2D eigenvalue weighted by Crippen LogP contribution is -2.35. The zero-order valence-electron chi connectivity index (χ0n) is 12.5. The van der Waals surface area contributed by atoms with Gasteiger partial charge in [0.2, 0.25) is 5.91 Å². The van der Waals surface area contributed by atoms with Gasteiger partial charge in [-0.15, -0.1) is 0 Å². The molecule has 0 spiro atoms. The van der Waals surface area contributed by atoms with Crippen LogP contribution in [-0.4, -0.2) is 18.4 Å². The molecule has 2 aromatic rings. The number of amides is 2. The summed E-state index contributed by atoms with van der Waals surface area (Å²) in [5.74, 6) is 0.154. The van der Waals surface area contributed by atoms with E-state index in [0.29, 0.717) is 12.1 Å². The number of nitrogens with zero attached hydrogens (tertiary/aromatic N) is 1. The van der Waals surface area contributed by atoms with E-state index in [1.165, 1.54) is 6.26 Å². The van der Waals surface area contributed by atoms with Crippen molar-refractivity contribution in [2.75, 3.05) is 16.8 Å². The van der Waals surface area contributed by atoms with E-state index in [2.05, 4.69) is 5.32 Å². The topological polar surface area (TPSA) is 62.6 Å². The summed E-state index contributed by atoms with van der Waals surface area (Å²) in [7, 11) is 0. The molecule has 1 aliphatic heterocycles. The Bertz CT molecular complexity index is 692. The summed E-state index contributed by atoms with van der Waals surface area (Å²) < 4.78 is 5.07. The molecule has 114 valence electrons. The van der Waals surface area contributed by atoms with Crippen LogP contribution < -0.4 is 10.2 Å². The van der Waals surface area contributed by atoms with E-state index in [4.69, 9.17) is 4.42 Å². The van der Waals surface area contributed by atoms with Crippen LogP contribution in [0.3, 0.4) is 0 Å². The zero-order valence-corrected chi connectivity index (χ0v) is 12.5. The maximum atomic E-state index is 12.0. The van der Waals surface area contributed by atoms with Crippen LogP contribution in [0.25, 0.3) is 0 Å². The smallest absolute Gasteiger partial charge is 0.291 e. The Morgan fingerprint density at radius 2 is 2.14 bits per heavy atom. The van der Waals surface area contributed by atoms with Crippen LogP contribution in [0.5, 0.6) is 0 Å². The third-order valence-corrected chi connectivity index (χ3v) is 3.81. The Hall–Kier alpha value is -2.56. The van der Waals surface area contributed by atoms with E-state index in [0.717, 1.165) is 30.6 Å². The van der Waals surface area contributed by atoms with Crippen LogP contribution in [0.4, 0.5) is 11.4 Å². The highest BCUT2D eigenvalue weighted by Crippen LogP contribution is 2.27. The molecule has 2 heterocycles. The summed E-state index contributed by atoms with van der Waals surface area (Å²) in [5.41, 5.74) is 2.57. The minimum Gasteiger partial charge on any atom is -0.459 e. The first-order valence-corrected chi connectivity index (χ1v) is 7.41. The van der Waals surface area contributed by atoms with Crippen LogP contribution in [0.2, 0.25) is 0 Å². The summed E-state index contributed by atoms with van der Waals surface area (Å²) in [5, 5.41) is 2.79. The van der Waals surface area contributed by atoms with Crippen molar-refractivity contribution in [1.29, 1.82) is 0 Å². The van der Waals surface area contributed by atoms with Crippen LogP contribution >= 0.6 is 0 Å². The van der Waals surface area contributed by atoms with E-state index < -0.39 is 0 Å². The molecular weight excluding hydrogens is 280 g/mol. The molecule has 5 heteroatoms. The monoisotopic (exact) mass is 298 g/mol. The molecule has 1 aliphatic rings. The van der Waals surface area contributed by atoms with Crippen LogP contribution in [-0.2, 0) is 4.79 Å². The number of carbonyl (C=O) groups is 2. The Labute approximate surface area is 128 Å². The maximum Gasteiger partial charge on any atom is 0.291 e. The standard InChI is InChI=1S/C17H18N2O3/c1-12-11-13(18-17(21)15-5-4-10-22-15)7-8-14(12)19-9-3-2-6-16(19)20/h4-5,7-8,10-11H,2-3,6,9H2,1H3,(H,18,21). The van der Waals surface area contributed by atoms with Gasteiger partial charge in [0.25, 0.3) is 5.91 Å². The molecule has 0 aliphatic carbocycles. The van der Waals surface area contributed by atoms with Crippen molar-refractivity contribution >= 4 is 23.2 Å². The van der Waals surface area contributed by atoms with Crippen molar-refractivity contribution in [3.8, 4) is 0 Å². The van der Waals surface area contributed by atoms with Crippen molar-refractivity contribution in [2.45, 2.75) is 26.2 Å². The van der Waals surface area contributed by atoms with Gasteiger partial charge in [-0.05, 0) is 55.7 Å². The third-order valence-electron chi connectivity index (χ3n) is 3.81. The van der Waals surface area contributed by atoms with Crippen molar-refractivity contribution in [3.05, 3.63) is 47.9 Å². The molecule has 1 aromatic carbocycles. The molecule has 0 unspecified atom stereocenters. The van der Waals surface area contributed by atoms with Gasteiger partial charge in [-0.3, -0.25) is 9.59 Å². The summed E-state index contributed by atoms with van der Waals surface area (Å²) in [6, 6.07) is 8.85. The van der Waals surface area contributed by atoms with Gasteiger partial charge in [0.15, 0.2) is 5.76 Å². The fraction of sp³-hybridized carbons (Fsp3) is 0.294. The van der Waals surface area contributed by atoms with Crippen LogP contribution in [0.1, 0.15) is 35.4 Å². The number of hydrogen-bond donors (Lipinski definition) is 1. The molecule has 0 saturated carbocycles. The predicted octanol–water partition coefficient (Wildman–Crippen LogP) is 3.36. The molecule has 5 nitrogen and oxygen atoms in total. The SMILES string of the molecule is Cc1cc(NC(=O)c2ccco2)ccc1N1CCCCC1=O. The Kier molecular flexibility index (Phi) is 3.96. The van der Waals surface area contributed by atoms with Gasteiger partial charge in [0.05, 0.1) is 6.26 Å². The third kappa shape index (κ3) is 2.88. The second kappa shape index (κ2) is 6.05. The van der Waals surface area contributed by atoms with Crippen molar-refractivity contribution in [3.63, 3.8) is 0 Å². The highest BCUT2D eigenvalue weighted by molar-refractivity contribution is 6.02. The van der Waals surface area contributed by atoms with E-state index in [-0.39, 0.29) is 17.6 Å². The molecule has 0 bridgehead atoms. The van der Waals surface area contributed by atoms with Gasteiger partial charge in [-0.2, -0.15) is 0 Å². The van der Waals surface area contributed by atoms with E-state index in [1.807, 2.05) is 30.0 Å². The van der Waals surface area contributed by atoms with Gasteiger partial charge in [-0.25, -0.2) is 0 Å². The zero-order chi connectivity index (χ0) is 15.5. The number of nitrogens with one attached hydrogen (secondary N) is 1. The van der Waals surface area contributed by atoms with Gasteiger partial charge >= 0.3 is 0 Å². The molecule has 0 radical (unpaired) electrons. The second-order valence-electron chi connectivity index (χ2n) is 5.44. The summed E-state index contributed by atoms with van der Waals surface area (Å²) in [6.45, 7) is 2.71. The average Bonchev–Trinajstić information content (AvgIpc) is 3.03. The highest BCUT2D eigenvalue weighted by Gasteiger charge is 2.21. The molecule has 1 N–H and O–H groups in total. The van der Waals surface area contributed by atoms with E-state index in [9.17, 15) is 9.59 Å². The lowest BCUT2D eigenvalue weighted by molar-refractivity contribution is -0.119. The summed E-state index contributed by atoms with van der Waals surface area (Å²) in [6.07, 6.45) is 4.06. The average molecular weight is 298 g/mol. The molecule has 1 fully saturated rings. The van der Waals surface area contributed by atoms with Gasteiger partial charge in [0.1, 0.15) is 0 Å². The number of furan rings is 1. The molecule has 1 aromatic heterocycles. The molecular formula is C17H18N2O3. The van der Waals surface area contributed by atoms with Crippen LogP contribution in [0.15, 0.2) is 41.0 Å². The highest BCUT2D eigenvalue weighted by atomic mass is 16.3. The minimum atomic E-state index is -0.286. The van der Waals surface area contributed by atoms with Gasteiger partial charge < -0.3 is 14.6 Å². The summed E-state index contributed by atoms with van der Waals surface area (Å²) >= 11 is 0. The second-order valence-corrected chi connectivity index (χ2v) is 5.44. The van der Waals surface area contributed by atoms with Gasteiger partial charge in [-0.1, -0.05) is 0 Å². The van der Waals surface area contributed by atoms with Crippen molar-refractivity contribution in [1.82, 2.24) is 0 Å². The number of piperidine rings is 1. The quantitative estimate of drug-likeness (QED) is 0.945. The molecule has 22 heavy (non-hydrogen) atoms. The largest absolute Gasteiger partial charge is 0.459 e. The number of anilines is 2. The Balaban J connectivity index is 1.77. The van der Waals surface area contributed by atoms with Crippen molar-refractivity contribution in [2.24, 2.45) is 0 Å². The van der Waals surface area contributed by atoms with Gasteiger partial charge in [0, 0.05) is 24.3 Å².